The molecule has 0 saturated heterocycles. The average molecular weight is 762 g/mol. The van der Waals surface area contributed by atoms with Crippen LogP contribution in [0.15, 0.2) is 126 Å². The average Bonchev–Trinajstić information content (AvgIpc) is 3.45. The first kappa shape index (κ1) is 38.4. The molecule has 0 aromatic heterocycles. The van der Waals surface area contributed by atoms with E-state index in [4.69, 9.17) is 13.1 Å². The first-order valence-corrected chi connectivity index (χ1v) is 20.2. The van der Waals surface area contributed by atoms with Crippen molar-refractivity contribution in [3.63, 3.8) is 0 Å². The van der Waals surface area contributed by atoms with Gasteiger partial charge in [-0.25, -0.2) is 8.37 Å². The lowest BCUT2D eigenvalue weighted by atomic mass is 9.81. The van der Waals surface area contributed by atoms with Gasteiger partial charge in [0.05, 0.1) is 12.0 Å². The lowest BCUT2D eigenvalue weighted by molar-refractivity contribution is -0.440. The van der Waals surface area contributed by atoms with Gasteiger partial charge in [-0.05, 0) is 80.2 Å². The molecule has 0 radical (unpaired) electrons. The smallest absolute Gasteiger partial charge is 0.397 e. The number of anilines is 1. The van der Waals surface area contributed by atoms with Crippen LogP contribution in [0.3, 0.4) is 0 Å². The maximum absolute atomic E-state index is 11.4. The minimum atomic E-state index is -4.59. The van der Waals surface area contributed by atoms with Crippen molar-refractivity contribution in [3.05, 3.63) is 137 Å². The van der Waals surface area contributed by atoms with Gasteiger partial charge in [-0.3, -0.25) is 9.11 Å². The van der Waals surface area contributed by atoms with Crippen molar-refractivity contribution in [1.82, 2.24) is 0 Å². The Morgan fingerprint density at radius 3 is 2.11 bits per heavy atom. The second-order valence-electron chi connectivity index (χ2n) is 14.2. The molecule has 0 unspecified atom stereocenters. The molecule has 2 N–H and O–H groups in total. The molecule has 0 fully saturated rings. The zero-order valence-electron chi connectivity index (χ0n) is 30.2. The number of hydrogen-bond donors (Lipinski definition) is 2. The van der Waals surface area contributed by atoms with E-state index in [0.717, 1.165) is 70.1 Å². The second kappa shape index (κ2) is 15.2. The van der Waals surface area contributed by atoms with Crippen molar-refractivity contribution < 1.29 is 43.6 Å². The topological polar surface area (TPSA) is 143 Å². The Balaban J connectivity index is 1.42. The molecule has 0 saturated carbocycles. The highest BCUT2D eigenvalue weighted by atomic mass is 32.3. The van der Waals surface area contributed by atoms with Gasteiger partial charge in [-0.1, -0.05) is 74.5 Å². The van der Waals surface area contributed by atoms with E-state index in [1.807, 2.05) is 76.2 Å². The quantitative estimate of drug-likeness (QED) is 0.134. The number of fused-ring (bicyclic) bond motifs is 2. The molecule has 13 heteroatoms. The lowest BCUT2D eigenvalue weighted by Crippen LogP contribution is -2.29. The van der Waals surface area contributed by atoms with Crippen LogP contribution in [0.25, 0.3) is 0 Å². The number of rotatable bonds is 13. The van der Waals surface area contributed by atoms with Gasteiger partial charge < -0.3 is 9.64 Å². The predicted octanol–water partition coefficient (Wildman–Crippen LogP) is 7.38. The SMILES string of the molecule is CC1(C)C(/C=C/C2=C(Oc3ccccc3)C(=C/C=C3/N(CCOS(=O)(=O)O)c4ccccc4C3(C)C)/CCC2)=[N+](CCOS(=O)(=O)O)c2ccccc21. The van der Waals surface area contributed by atoms with Crippen molar-refractivity contribution in [2.75, 3.05) is 31.2 Å². The Hall–Kier alpha value is -4.37. The van der Waals surface area contributed by atoms with Gasteiger partial charge in [-0.2, -0.15) is 21.4 Å². The summed E-state index contributed by atoms with van der Waals surface area (Å²) in [6, 6.07) is 25.5. The third-order valence-corrected chi connectivity index (χ3v) is 10.9. The molecule has 3 aromatic rings. The summed E-state index contributed by atoms with van der Waals surface area (Å²) in [6.45, 7) is 8.44. The fraction of sp³-hybridized carbons (Fsp3) is 0.325. The molecule has 3 aromatic carbocycles. The van der Waals surface area contributed by atoms with E-state index >= 15 is 0 Å². The van der Waals surface area contributed by atoms with Crippen LogP contribution >= 0.6 is 0 Å². The summed E-state index contributed by atoms with van der Waals surface area (Å²) < 4.78 is 82.0. The molecule has 0 atom stereocenters. The summed E-state index contributed by atoms with van der Waals surface area (Å²) in [6.07, 6.45) is 10.7. The number of para-hydroxylation sites is 3. The summed E-state index contributed by atoms with van der Waals surface area (Å²) >= 11 is 0. The van der Waals surface area contributed by atoms with E-state index < -0.39 is 31.6 Å². The van der Waals surface area contributed by atoms with Crippen LogP contribution in [0.4, 0.5) is 11.4 Å². The first-order chi connectivity index (χ1) is 25.1. The number of allylic oxidation sites excluding steroid dienone is 7. The minimum Gasteiger partial charge on any atom is -0.457 e. The number of ether oxygens (including phenoxy) is 1. The minimum absolute atomic E-state index is 0.203. The van der Waals surface area contributed by atoms with Crippen molar-refractivity contribution in [2.45, 2.75) is 57.8 Å². The van der Waals surface area contributed by atoms with Crippen LogP contribution in [0.1, 0.15) is 58.1 Å². The molecular weight excluding hydrogens is 717 g/mol. The lowest BCUT2D eigenvalue weighted by Gasteiger charge is -2.27. The predicted molar refractivity (Wildman–Crippen MR) is 204 cm³/mol. The van der Waals surface area contributed by atoms with Crippen LogP contribution in [-0.2, 0) is 40.0 Å². The van der Waals surface area contributed by atoms with Crippen LogP contribution in [0.2, 0.25) is 0 Å². The summed E-state index contributed by atoms with van der Waals surface area (Å²) in [5.74, 6) is 1.43. The van der Waals surface area contributed by atoms with E-state index in [1.165, 1.54) is 0 Å². The third kappa shape index (κ3) is 8.56. The Morgan fingerprint density at radius 1 is 0.755 bits per heavy atom. The molecule has 0 spiro atoms. The maximum atomic E-state index is 11.4. The highest BCUT2D eigenvalue weighted by Crippen LogP contribution is 2.48. The van der Waals surface area contributed by atoms with Gasteiger partial charge in [0.25, 0.3) is 0 Å². The first-order valence-electron chi connectivity index (χ1n) is 17.5. The summed E-state index contributed by atoms with van der Waals surface area (Å²) in [5, 5.41) is 0. The number of benzene rings is 3. The fourth-order valence-electron chi connectivity index (χ4n) is 7.55. The zero-order chi connectivity index (χ0) is 38.0. The molecule has 2 heterocycles. The van der Waals surface area contributed by atoms with E-state index in [2.05, 4.69) is 64.1 Å². The molecule has 3 aliphatic rings. The standard InChI is InChI=1S/C40H44N2O9S2/c1-39(2)32-17-8-10-19-34(32)41(25-27-49-52(43,44)45)36(39)23-21-29-13-12-14-30(38(29)51-31-15-6-5-7-16-31)22-24-37-40(3,4)33-18-9-11-20-35(33)42(37)26-28-50-53(46,47)48/h5-11,15-24H,12-14,25-28H2,1-4H3,(H-,43,44,45,46,47,48)/p+1. The van der Waals surface area contributed by atoms with Gasteiger partial charge in [0.1, 0.15) is 18.1 Å². The molecule has 0 amide bonds. The molecule has 2 aliphatic heterocycles. The van der Waals surface area contributed by atoms with Crippen molar-refractivity contribution >= 4 is 37.9 Å². The van der Waals surface area contributed by atoms with Gasteiger partial charge >= 0.3 is 20.8 Å². The van der Waals surface area contributed by atoms with Crippen LogP contribution < -0.4 is 9.64 Å². The summed E-state index contributed by atoms with van der Waals surface area (Å²) in [5.41, 5.74) is 7.07. The summed E-state index contributed by atoms with van der Waals surface area (Å²) in [4.78, 5) is 2.03. The second-order valence-corrected chi connectivity index (χ2v) is 16.4. The third-order valence-electron chi connectivity index (χ3n) is 10.0. The van der Waals surface area contributed by atoms with Crippen LogP contribution in [0, 0.1) is 0 Å². The van der Waals surface area contributed by atoms with Crippen LogP contribution in [0.5, 0.6) is 5.75 Å². The van der Waals surface area contributed by atoms with Crippen molar-refractivity contribution in [3.8, 4) is 5.75 Å². The highest BCUT2D eigenvalue weighted by molar-refractivity contribution is 7.81. The molecule has 0 bridgehead atoms. The molecule has 280 valence electrons. The van der Waals surface area contributed by atoms with Gasteiger partial charge in [-0.15, -0.1) is 0 Å². The highest BCUT2D eigenvalue weighted by Gasteiger charge is 2.44. The van der Waals surface area contributed by atoms with Gasteiger partial charge in [0, 0.05) is 41.1 Å². The molecule has 11 nitrogen and oxygen atoms in total. The van der Waals surface area contributed by atoms with E-state index in [9.17, 15) is 25.9 Å². The summed E-state index contributed by atoms with van der Waals surface area (Å²) in [7, 11) is -9.19. The van der Waals surface area contributed by atoms with Crippen molar-refractivity contribution in [1.29, 1.82) is 0 Å². The Morgan fingerprint density at radius 2 is 1.40 bits per heavy atom. The Labute approximate surface area is 312 Å². The molecular formula is C40H45N2O9S2+. The normalized spacial score (nSPS) is 19.8. The van der Waals surface area contributed by atoms with Gasteiger partial charge in [0.2, 0.25) is 5.69 Å². The number of nitrogens with zero attached hydrogens (tertiary/aromatic N) is 2. The van der Waals surface area contributed by atoms with E-state index in [1.54, 1.807) is 0 Å². The fourth-order valence-corrected chi connectivity index (χ4v) is 8.12. The maximum Gasteiger partial charge on any atom is 0.397 e. The molecule has 6 rings (SSSR count). The van der Waals surface area contributed by atoms with Gasteiger partial charge in [0.15, 0.2) is 12.3 Å². The van der Waals surface area contributed by atoms with Crippen molar-refractivity contribution in [2.24, 2.45) is 0 Å². The van der Waals surface area contributed by atoms with Crippen LogP contribution in [-0.4, -0.2) is 62.5 Å². The monoisotopic (exact) mass is 761 g/mol. The Kier molecular flexibility index (Phi) is 11.0. The number of hydrogen-bond acceptors (Lipinski definition) is 8. The molecule has 1 aliphatic carbocycles. The van der Waals surface area contributed by atoms with E-state index in [-0.39, 0.29) is 26.3 Å². The Bertz CT molecular complexity index is 2250. The largest absolute Gasteiger partial charge is 0.457 e. The zero-order valence-corrected chi connectivity index (χ0v) is 31.9. The molecule has 53 heavy (non-hydrogen) atoms. The van der Waals surface area contributed by atoms with E-state index in [0.29, 0.717) is 5.75 Å².